The summed E-state index contributed by atoms with van der Waals surface area (Å²) < 4.78 is 4.56. The molecule has 1 fully saturated rings. The zero-order chi connectivity index (χ0) is 11.5. The van der Waals surface area contributed by atoms with Crippen LogP contribution in [0, 0.1) is 5.92 Å². The van der Waals surface area contributed by atoms with Gasteiger partial charge in [-0.2, -0.15) is 0 Å². The Hall–Kier alpha value is -0.610. The molecule has 0 aromatic rings. The Morgan fingerprint density at radius 1 is 1.67 bits per heavy atom. The summed E-state index contributed by atoms with van der Waals surface area (Å²) in [7, 11) is 1.30. The van der Waals surface area contributed by atoms with Gasteiger partial charge >= 0.3 is 5.97 Å². The number of β-amino-alcohol motifs (C(OH)–C–C–N with tert-alkyl or cyclic N) is 1. The van der Waals surface area contributed by atoms with E-state index in [1.165, 1.54) is 14.0 Å². The van der Waals surface area contributed by atoms with Gasteiger partial charge < -0.3 is 9.84 Å². The summed E-state index contributed by atoms with van der Waals surface area (Å²) in [6, 6.07) is 0. The summed E-state index contributed by atoms with van der Waals surface area (Å²) in [6.07, 6.45) is 2.32. The van der Waals surface area contributed by atoms with Crippen LogP contribution in [0.4, 0.5) is 0 Å². The molecule has 0 aliphatic carbocycles. The van der Waals surface area contributed by atoms with Crippen molar-refractivity contribution in [2.45, 2.75) is 32.3 Å². The normalized spacial score (nSPS) is 26.3. The fraction of sp³-hybridized carbons (Fsp3) is 0.909. The largest absolute Gasteiger partial charge is 0.467 e. The van der Waals surface area contributed by atoms with E-state index in [4.69, 9.17) is 0 Å². The number of hydrogen-bond acceptors (Lipinski definition) is 4. The standard InChI is InChI=1S/C11H21NO3/c1-4-9-5-6-12(7-9)8-11(2,14)10(13)15-3/h9,14H,4-8H2,1-3H3. The predicted molar refractivity (Wildman–Crippen MR) is 57.5 cm³/mol. The Kier molecular flexibility index (Phi) is 4.11. The fourth-order valence-electron chi connectivity index (χ4n) is 2.11. The van der Waals surface area contributed by atoms with E-state index in [1.807, 2.05) is 0 Å². The van der Waals surface area contributed by atoms with Gasteiger partial charge in [0, 0.05) is 13.1 Å². The van der Waals surface area contributed by atoms with Gasteiger partial charge in [-0.05, 0) is 25.8 Å². The summed E-state index contributed by atoms with van der Waals surface area (Å²) in [5, 5.41) is 9.89. The lowest BCUT2D eigenvalue weighted by Crippen LogP contribution is -2.46. The summed E-state index contributed by atoms with van der Waals surface area (Å²) in [5.74, 6) is 0.154. The Morgan fingerprint density at radius 3 is 2.80 bits per heavy atom. The summed E-state index contributed by atoms with van der Waals surface area (Å²) >= 11 is 0. The van der Waals surface area contributed by atoms with Crippen LogP contribution in [0.5, 0.6) is 0 Å². The maximum absolute atomic E-state index is 11.3. The molecule has 1 heterocycles. The van der Waals surface area contributed by atoms with Gasteiger partial charge in [-0.3, -0.25) is 4.90 Å². The van der Waals surface area contributed by atoms with Crippen LogP contribution in [0.1, 0.15) is 26.7 Å². The van der Waals surface area contributed by atoms with Gasteiger partial charge in [0.1, 0.15) is 0 Å². The molecule has 0 bridgehead atoms. The SMILES string of the molecule is CCC1CCN(CC(C)(O)C(=O)OC)C1. The molecular weight excluding hydrogens is 194 g/mol. The number of carbonyl (C=O) groups excluding carboxylic acids is 1. The Morgan fingerprint density at radius 2 is 2.33 bits per heavy atom. The van der Waals surface area contributed by atoms with Crippen LogP contribution >= 0.6 is 0 Å². The summed E-state index contributed by atoms with van der Waals surface area (Å²) in [4.78, 5) is 13.4. The fourth-order valence-corrected chi connectivity index (χ4v) is 2.11. The van der Waals surface area contributed by atoms with Crippen molar-refractivity contribution in [1.82, 2.24) is 4.90 Å². The van der Waals surface area contributed by atoms with Gasteiger partial charge in [0.2, 0.25) is 0 Å². The molecule has 4 nitrogen and oxygen atoms in total. The van der Waals surface area contributed by atoms with Gasteiger partial charge in [-0.1, -0.05) is 13.3 Å². The molecule has 1 rings (SSSR count). The molecule has 0 spiro atoms. The van der Waals surface area contributed by atoms with E-state index < -0.39 is 11.6 Å². The van der Waals surface area contributed by atoms with Crippen LogP contribution in [0.15, 0.2) is 0 Å². The zero-order valence-electron chi connectivity index (χ0n) is 9.82. The van der Waals surface area contributed by atoms with E-state index in [1.54, 1.807) is 0 Å². The number of likely N-dealkylation sites (tertiary alicyclic amines) is 1. The lowest BCUT2D eigenvalue weighted by molar-refractivity contribution is -0.162. The van der Waals surface area contributed by atoms with Crippen LogP contribution in [-0.4, -0.2) is 48.3 Å². The van der Waals surface area contributed by atoms with E-state index >= 15 is 0 Å². The number of methoxy groups -OCH3 is 1. The van der Waals surface area contributed by atoms with Crippen molar-refractivity contribution in [1.29, 1.82) is 0 Å². The Balaban J connectivity index is 2.45. The van der Waals surface area contributed by atoms with Crippen LogP contribution in [0.2, 0.25) is 0 Å². The second-order valence-electron chi connectivity index (χ2n) is 4.56. The summed E-state index contributed by atoms with van der Waals surface area (Å²) in [6.45, 7) is 6.00. The predicted octanol–water partition coefficient (Wildman–Crippen LogP) is 0.642. The number of nitrogens with zero attached hydrogens (tertiary/aromatic N) is 1. The van der Waals surface area contributed by atoms with Crippen molar-refractivity contribution in [2.24, 2.45) is 5.92 Å². The van der Waals surface area contributed by atoms with Crippen molar-refractivity contribution in [3.8, 4) is 0 Å². The molecule has 88 valence electrons. The minimum absolute atomic E-state index is 0.371. The summed E-state index contributed by atoms with van der Waals surface area (Å²) in [5.41, 5.74) is -1.38. The lowest BCUT2D eigenvalue weighted by Gasteiger charge is -2.26. The first kappa shape index (κ1) is 12.5. The number of rotatable bonds is 4. The highest BCUT2D eigenvalue weighted by Gasteiger charge is 2.35. The van der Waals surface area contributed by atoms with E-state index in [2.05, 4.69) is 16.6 Å². The minimum Gasteiger partial charge on any atom is -0.467 e. The number of hydrogen-bond donors (Lipinski definition) is 1. The van der Waals surface area contributed by atoms with Crippen molar-refractivity contribution in [3.05, 3.63) is 0 Å². The van der Waals surface area contributed by atoms with Gasteiger partial charge in [0.15, 0.2) is 5.60 Å². The molecule has 4 heteroatoms. The van der Waals surface area contributed by atoms with E-state index in [0.29, 0.717) is 12.5 Å². The number of aliphatic hydroxyl groups is 1. The average molecular weight is 215 g/mol. The lowest BCUT2D eigenvalue weighted by atomic mass is 10.1. The third-order valence-electron chi connectivity index (χ3n) is 3.10. The first-order valence-corrected chi connectivity index (χ1v) is 5.52. The highest BCUT2D eigenvalue weighted by atomic mass is 16.5. The molecule has 2 unspecified atom stereocenters. The molecule has 0 aromatic heterocycles. The smallest absolute Gasteiger partial charge is 0.338 e. The van der Waals surface area contributed by atoms with Crippen LogP contribution < -0.4 is 0 Å². The number of carbonyl (C=O) groups is 1. The molecule has 15 heavy (non-hydrogen) atoms. The van der Waals surface area contributed by atoms with Gasteiger partial charge in [0.25, 0.3) is 0 Å². The van der Waals surface area contributed by atoms with Gasteiger partial charge in [-0.25, -0.2) is 4.79 Å². The van der Waals surface area contributed by atoms with E-state index in [-0.39, 0.29) is 0 Å². The molecule has 1 aliphatic rings. The van der Waals surface area contributed by atoms with Crippen LogP contribution in [-0.2, 0) is 9.53 Å². The zero-order valence-corrected chi connectivity index (χ0v) is 9.82. The van der Waals surface area contributed by atoms with Crippen molar-refractivity contribution in [2.75, 3.05) is 26.7 Å². The highest BCUT2D eigenvalue weighted by molar-refractivity contribution is 5.78. The molecule has 2 atom stereocenters. The molecule has 0 aromatic carbocycles. The van der Waals surface area contributed by atoms with Crippen molar-refractivity contribution >= 4 is 5.97 Å². The maximum Gasteiger partial charge on any atom is 0.338 e. The minimum atomic E-state index is -1.38. The molecule has 0 amide bonds. The second-order valence-corrected chi connectivity index (χ2v) is 4.56. The number of esters is 1. The van der Waals surface area contributed by atoms with E-state index in [9.17, 15) is 9.90 Å². The van der Waals surface area contributed by atoms with Crippen LogP contribution in [0.25, 0.3) is 0 Å². The Bertz CT molecular complexity index is 228. The highest BCUT2D eigenvalue weighted by Crippen LogP contribution is 2.21. The molecule has 1 N–H and O–H groups in total. The second kappa shape index (κ2) is 4.94. The molecule has 1 saturated heterocycles. The third-order valence-corrected chi connectivity index (χ3v) is 3.10. The third kappa shape index (κ3) is 3.18. The maximum atomic E-state index is 11.3. The molecule has 0 radical (unpaired) electrons. The van der Waals surface area contributed by atoms with Crippen LogP contribution in [0.3, 0.4) is 0 Å². The van der Waals surface area contributed by atoms with Gasteiger partial charge in [-0.15, -0.1) is 0 Å². The molecule has 1 aliphatic heterocycles. The first-order chi connectivity index (χ1) is 6.99. The van der Waals surface area contributed by atoms with Gasteiger partial charge in [0.05, 0.1) is 7.11 Å². The molecule has 0 saturated carbocycles. The molecular formula is C11H21NO3. The average Bonchev–Trinajstić information content (AvgIpc) is 2.63. The first-order valence-electron chi connectivity index (χ1n) is 5.52. The number of ether oxygens (including phenoxy) is 1. The topological polar surface area (TPSA) is 49.8 Å². The monoisotopic (exact) mass is 215 g/mol. The Labute approximate surface area is 91.2 Å². The van der Waals surface area contributed by atoms with Crippen molar-refractivity contribution < 1.29 is 14.6 Å². The quantitative estimate of drug-likeness (QED) is 0.699. The van der Waals surface area contributed by atoms with E-state index in [0.717, 1.165) is 25.9 Å². The van der Waals surface area contributed by atoms with Crippen molar-refractivity contribution in [3.63, 3.8) is 0 Å².